The second kappa shape index (κ2) is 6.11. The maximum atomic E-state index is 12.8. The molecule has 9 nitrogen and oxygen atoms in total. The number of rotatable bonds is 2. The number of hydrogen-bond donors (Lipinski definition) is 0. The molecular formula is C18H18N6O3. The molecule has 4 heterocycles. The van der Waals surface area contributed by atoms with E-state index >= 15 is 0 Å². The Hall–Kier alpha value is -3.36. The van der Waals surface area contributed by atoms with Crippen molar-refractivity contribution in [2.75, 3.05) is 37.9 Å². The molecule has 9 heteroatoms. The van der Waals surface area contributed by atoms with Gasteiger partial charge < -0.3 is 19.3 Å². The van der Waals surface area contributed by atoms with Crippen LogP contribution in [-0.2, 0) is 7.05 Å². The number of benzene rings is 1. The summed E-state index contributed by atoms with van der Waals surface area (Å²) in [4.78, 5) is 25.6. The first kappa shape index (κ1) is 15.9. The van der Waals surface area contributed by atoms with E-state index in [0.717, 1.165) is 16.9 Å². The van der Waals surface area contributed by atoms with Crippen LogP contribution in [0.5, 0.6) is 11.5 Å². The topological polar surface area (TPSA) is 85.6 Å². The van der Waals surface area contributed by atoms with Gasteiger partial charge in [-0.15, -0.1) is 0 Å². The molecule has 2 aliphatic rings. The summed E-state index contributed by atoms with van der Waals surface area (Å²) >= 11 is 0. The van der Waals surface area contributed by atoms with Crippen LogP contribution in [0.25, 0.3) is 11.0 Å². The lowest BCUT2D eigenvalue weighted by molar-refractivity contribution is 0.0746. The lowest BCUT2D eigenvalue weighted by Crippen LogP contribution is -2.49. The van der Waals surface area contributed by atoms with Crippen LogP contribution >= 0.6 is 0 Å². The van der Waals surface area contributed by atoms with Crippen molar-refractivity contribution in [1.29, 1.82) is 0 Å². The van der Waals surface area contributed by atoms with Crippen LogP contribution < -0.4 is 14.4 Å². The number of piperazine rings is 1. The standard InChI is InChI=1S/C18H18N6O3/c1-22-16-13(9-21-22)17(20-10-19-16)23-4-6-24(7-5-23)18(25)12-2-3-14-15(8-12)27-11-26-14/h2-3,8-10H,4-7,11H2,1H3. The van der Waals surface area contributed by atoms with Gasteiger partial charge in [0.2, 0.25) is 6.79 Å². The van der Waals surface area contributed by atoms with Crippen LogP contribution in [0, 0.1) is 0 Å². The van der Waals surface area contributed by atoms with Gasteiger partial charge >= 0.3 is 0 Å². The zero-order valence-corrected chi connectivity index (χ0v) is 14.8. The maximum absolute atomic E-state index is 12.8. The van der Waals surface area contributed by atoms with E-state index in [1.54, 1.807) is 35.4 Å². The molecule has 2 aromatic heterocycles. The van der Waals surface area contributed by atoms with Gasteiger partial charge in [-0.1, -0.05) is 0 Å². The predicted octanol–water partition coefficient (Wildman–Crippen LogP) is 1.05. The minimum Gasteiger partial charge on any atom is -0.454 e. The number of ether oxygens (including phenoxy) is 2. The molecule has 1 amide bonds. The highest BCUT2D eigenvalue weighted by atomic mass is 16.7. The second-order valence-corrected chi connectivity index (χ2v) is 6.55. The zero-order chi connectivity index (χ0) is 18.4. The van der Waals surface area contributed by atoms with Gasteiger partial charge in [0.15, 0.2) is 17.1 Å². The number of hydrogen-bond acceptors (Lipinski definition) is 7. The molecule has 3 aromatic rings. The molecule has 1 aromatic carbocycles. The number of fused-ring (bicyclic) bond motifs is 2. The summed E-state index contributed by atoms with van der Waals surface area (Å²) in [7, 11) is 1.86. The van der Waals surface area contributed by atoms with Crippen molar-refractivity contribution < 1.29 is 14.3 Å². The SMILES string of the molecule is Cn1ncc2c(N3CCN(C(=O)c4ccc5c(c4)OCO5)CC3)ncnc21. The molecule has 2 aliphatic heterocycles. The molecule has 5 rings (SSSR count). The highest BCUT2D eigenvalue weighted by Gasteiger charge is 2.26. The Kier molecular flexibility index (Phi) is 3.59. The van der Waals surface area contributed by atoms with Gasteiger partial charge in [0.05, 0.1) is 11.6 Å². The van der Waals surface area contributed by atoms with Crippen molar-refractivity contribution in [3.63, 3.8) is 0 Å². The minimum absolute atomic E-state index is 0.00200. The van der Waals surface area contributed by atoms with E-state index in [-0.39, 0.29) is 12.7 Å². The number of carbonyl (C=O) groups excluding carboxylic acids is 1. The number of anilines is 1. The first-order chi connectivity index (χ1) is 13.2. The van der Waals surface area contributed by atoms with Crippen molar-refractivity contribution in [3.05, 3.63) is 36.3 Å². The molecular weight excluding hydrogens is 348 g/mol. The zero-order valence-electron chi connectivity index (χ0n) is 14.8. The largest absolute Gasteiger partial charge is 0.454 e. The van der Waals surface area contributed by atoms with Gasteiger partial charge in [0.1, 0.15) is 12.1 Å². The van der Waals surface area contributed by atoms with E-state index in [4.69, 9.17) is 9.47 Å². The Balaban J connectivity index is 1.32. The van der Waals surface area contributed by atoms with E-state index in [1.807, 2.05) is 11.9 Å². The Morgan fingerprint density at radius 3 is 2.74 bits per heavy atom. The summed E-state index contributed by atoms with van der Waals surface area (Å²) in [5.74, 6) is 2.17. The molecule has 1 fully saturated rings. The molecule has 0 spiro atoms. The highest BCUT2D eigenvalue weighted by Crippen LogP contribution is 2.33. The average molecular weight is 366 g/mol. The molecule has 0 atom stereocenters. The van der Waals surface area contributed by atoms with Gasteiger partial charge in [-0.3, -0.25) is 9.48 Å². The van der Waals surface area contributed by atoms with Crippen molar-refractivity contribution in [2.45, 2.75) is 0 Å². The average Bonchev–Trinajstić information content (AvgIpc) is 3.33. The Labute approximate surface area is 155 Å². The molecule has 27 heavy (non-hydrogen) atoms. The third-order valence-electron chi connectivity index (χ3n) is 4.99. The normalized spacial score (nSPS) is 16.2. The predicted molar refractivity (Wildman–Crippen MR) is 97.0 cm³/mol. The first-order valence-electron chi connectivity index (χ1n) is 8.77. The summed E-state index contributed by atoms with van der Waals surface area (Å²) in [6.07, 6.45) is 3.35. The third kappa shape index (κ3) is 2.62. The fourth-order valence-corrected chi connectivity index (χ4v) is 3.54. The number of nitrogens with zero attached hydrogens (tertiary/aromatic N) is 6. The maximum Gasteiger partial charge on any atom is 0.254 e. The summed E-state index contributed by atoms with van der Waals surface area (Å²) < 4.78 is 12.4. The summed E-state index contributed by atoms with van der Waals surface area (Å²) in [5.41, 5.74) is 1.42. The van der Waals surface area contributed by atoms with E-state index in [2.05, 4.69) is 20.0 Å². The van der Waals surface area contributed by atoms with Crippen LogP contribution in [0.4, 0.5) is 5.82 Å². The fourth-order valence-electron chi connectivity index (χ4n) is 3.54. The molecule has 0 unspecified atom stereocenters. The second-order valence-electron chi connectivity index (χ2n) is 6.55. The fraction of sp³-hybridized carbons (Fsp3) is 0.333. The van der Waals surface area contributed by atoms with Crippen molar-refractivity contribution in [1.82, 2.24) is 24.6 Å². The Morgan fingerprint density at radius 1 is 1.07 bits per heavy atom. The molecule has 1 saturated heterocycles. The molecule has 0 bridgehead atoms. The summed E-state index contributed by atoms with van der Waals surface area (Å²) in [6.45, 7) is 2.86. The van der Waals surface area contributed by atoms with Crippen LogP contribution in [0.1, 0.15) is 10.4 Å². The van der Waals surface area contributed by atoms with Gasteiger partial charge in [0, 0.05) is 38.8 Å². The van der Waals surface area contributed by atoms with E-state index in [0.29, 0.717) is 43.2 Å². The number of aryl methyl sites for hydroxylation is 1. The first-order valence-corrected chi connectivity index (χ1v) is 8.77. The quantitative estimate of drug-likeness (QED) is 0.670. The van der Waals surface area contributed by atoms with Crippen LogP contribution in [-0.4, -0.2) is 63.5 Å². The summed E-state index contributed by atoms with van der Waals surface area (Å²) in [6, 6.07) is 5.32. The van der Waals surface area contributed by atoms with Gasteiger partial charge in [0.25, 0.3) is 5.91 Å². The van der Waals surface area contributed by atoms with Crippen molar-refractivity contribution >= 4 is 22.8 Å². The Bertz CT molecular complexity index is 1030. The number of amides is 1. The summed E-state index contributed by atoms with van der Waals surface area (Å²) in [5, 5.41) is 5.19. The van der Waals surface area contributed by atoms with Gasteiger partial charge in [-0.05, 0) is 18.2 Å². The molecule has 0 aliphatic carbocycles. The molecule has 0 radical (unpaired) electrons. The smallest absolute Gasteiger partial charge is 0.254 e. The third-order valence-corrected chi connectivity index (χ3v) is 4.99. The molecule has 138 valence electrons. The van der Waals surface area contributed by atoms with Crippen LogP contribution in [0.3, 0.4) is 0 Å². The monoisotopic (exact) mass is 366 g/mol. The van der Waals surface area contributed by atoms with Crippen molar-refractivity contribution in [2.24, 2.45) is 7.05 Å². The van der Waals surface area contributed by atoms with Gasteiger partial charge in [-0.25, -0.2) is 9.97 Å². The lowest BCUT2D eigenvalue weighted by Gasteiger charge is -2.35. The van der Waals surface area contributed by atoms with Gasteiger partial charge in [-0.2, -0.15) is 5.10 Å². The van der Waals surface area contributed by atoms with E-state index in [9.17, 15) is 4.79 Å². The number of carbonyl (C=O) groups is 1. The lowest BCUT2D eigenvalue weighted by atomic mass is 10.1. The van der Waals surface area contributed by atoms with E-state index < -0.39 is 0 Å². The van der Waals surface area contributed by atoms with Crippen LogP contribution in [0.15, 0.2) is 30.7 Å². The minimum atomic E-state index is 0.00200. The number of aromatic nitrogens is 4. The Morgan fingerprint density at radius 2 is 1.89 bits per heavy atom. The van der Waals surface area contributed by atoms with Crippen LogP contribution in [0.2, 0.25) is 0 Å². The molecule has 0 saturated carbocycles. The van der Waals surface area contributed by atoms with E-state index in [1.165, 1.54) is 0 Å². The van der Waals surface area contributed by atoms with Crippen molar-refractivity contribution in [3.8, 4) is 11.5 Å². The molecule has 0 N–H and O–H groups in total. The highest BCUT2D eigenvalue weighted by molar-refractivity contribution is 5.95.